The van der Waals surface area contributed by atoms with E-state index >= 15 is 0 Å². The zero-order chi connectivity index (χ0) is 17.4. The van der Waals surface area contributed by atoms with E-state index in [2.05, 4.69) is 4.90 Å². The summed E-state index contributed by atoms with van der Waals surface area (Å²) >= 11 is 0. The Labute approximate surface area is 187 Å². The van der Waals surface area contributed by atoms with Crippen LogP contribution in [0.5, 0.6) is 0 Å². The van der Waals surface area contributed by atoms with E-state index in [1.165, 1.54) is 6.20 Å². The quantitative estimate of drug-likeness (QED) is 0.549. The van der Waals surface area contributed by atoms with Crippen molar-refractivity contribution in [1.29, 1.82) is 0 Å². The first kappa shape index (κ1) is 20.5. The van der Waals surface area contributed by atoms with Gasteiger partial charge in [0.05, 0.1) is 22.7 Å². The number of hydrogen-bond acceptors (Lipinski definition) is 5. The van der Waals surface area contributed by atoms with Crippen LogP contribution in [0.2, 0.25) is 0 Å². The molecular formula is C17H19FKN3O3. The predicted octanol–water partition coefficient (Wildman–Crippen LogP) is -2.72. The van der Waals surface area contributed by atoms with Gasteiger partial charge in [-0.25, -0.2) is 4.39 Å². The van der Waals surface area contributed by atoms with Crippen molar-refractivity contribution in [3.8, 4) is 0 Å². The molecule has 0 amide bonds. The maximum Gasteiger partial charge on any atom is 1.00 e. The number of piperazine rings is 1. The molecule has 128 valence electrons. The number of fused-ring (bicyclic) bond motifs is 1. The summed E-state index contributed by atoms with van der Waals surface area (Å²) in [4.78, 5) is 27.6. The Bertz CT molecular complexity index is 860. The van der Waals surface area contributed by atoms with Crippen LogP contribution in [-0.2, 0) is 6.54 Å². The number of aromatic carboxylic acids is 1. The zero-order valence-electron chi connectivity index (χ0n) is 14.7. The molecule has 3 rings (SSSR count). The Hall–Kier alpha value is -0.774. The van der Waals surface area contributed by atoms with Gasteiger partial charge < -0.3 is 24.3 Å². The van der Waals surface area contributed by atoms with Crippen molar-refractivity contribution >= 4 is 22.6 Å². The van der Waals surface area contributed by atoms with E-state index in [9.17, 15) is 19.1 Å². The van der Waals surface area contributed by atoms with Crippen LogP contribution in [0.4, 0.5) is 10.1 Å². The van der Waals surface area contributed by atoms with Crippen LogP contribution in [0, 0.1) is 5.82 Å². The Balaban J connectivity index is 0.00000225. The third kappa shape index (κ3) is 3.99. The first-order valence-electron chi connectivity index (χ1n) is 7.94. The Morgan fingerprint density at radius 2 is 1.88 bits per heavy atom. The van der Waals surface area contributed by atoms with Crippen LogP contribution in [-0.4, -0.2) is 48.7 Å². The van der Waals surface area contributed by atoms with Gasteiger partial charge in [0.2, 0.25) is 0 Å². The second kappa shape index (κ2) is 8.28. The molecule has 0 spiro atoms. The van der Waals surface area contributed by atoms with Gasteiger partial charge in [-0.15, -0.1) is 0 Å². The Kier molecular flexibility index (Phi) is 6.80. The molecule has 1 saturated heterocycles. The second-order valence-corrected chi connectivity index (χ2v) is 6.06. The fourth-order valence-electron chi connectivity index (χ4n) is 3.10. The largest absolute Gasteiger partial charge is 1.00 e. The van der Waals surface area contributed by atoms with E-state index in [0.29, 0.717) is 30.8 Å². The third-order valence-corrected chi connectivity index (χ3v) is 4.55. The molecule has 1 aromatic carbocycles. The fraction of sp³-hybridized carbons (Fsp3) is 0.412. The number of carbonyl (C=O) groups excluding carboxylic acids is 1. The van der Waals surface area contributed by atoms with Gasteiger partial charge in [0, 0.05) is 44.3 Å². The van der Waals surface area contributed by atoms with E-state index in [1.807, 2.05) is 18.9 Å². The van der Waals surface area contributed by atoms with Crippen molar-refractivity contribution in [2.75, 3.05) is 38.1 Å². The standard InChI is InChI=1S/C17H20FN3O3.K/c1-3-20-10-12(17(23)24)16(22)11-8-13(18)15(9-14(11)20)21-6-4-19(2)5-7-21;/h8-10H,3-7H2,1-2H3,(H,23,24);/q;+1/p-1. The van der Waals surface area contributed by atoms with Crippen molar-refractivity contribution in [2.24, 2.45) is 0 Å². The van der Waals surface area contributed by atoms with Gasteiger partial charge in [0.25, 0.3) is 0 Å². The number of pyridine rings is 1. The monoisotopic (exact) mass is 371 g/mol. The molecule has 0 radical (unpaired) electrons. The minimum atomic E-state index is -1.55. The summed E-state index contributed by atoms with van der Waals surface area (Å²) in [6, 6.07) is 2.78. The number of aryl methyl sites for hydroxylation is 1. The van der Waals surface area contributed by atoms with Gasteiger partial charge in [-0.2, -0.15) is 0 Å². The van der Waals surface area contributed by atoms with E-state index in [1.54, 1.807) is 10.6 Å². The van der Waals surface area contributed by atoms with Crippen molar-refractivity contribution < 1.29 is 65.7 Å². The maximum atomic E-state index is 14.6. The molecule has 0 bridgehead atoms. The van der Waals surface area contributed by atoms with Gasteiger partial charge in [0.15, 0.2) is 5.43 Å². The van der Waals surface area contributed by atoms with E-state index in [4.69, 9.17) is 0 Å². The van der Waals surface area contributed by atoms with Crippen LogP contribution < -0.4 is 66.8 Å². The van der Waals surface area contributed by atoms with Crippen LogP contribution >= 0.6 is 0 Å². The first-order valence-corrected chi connectivity index (χ1v) is 7.94. The Morgan fingerprint density at radius 1 is 1.24 bits per heavy atom. The molecule has 0 unspecified atom stereocenters. The van der Waals surface area contributed by atoms with E-state index in [0.717, 1.165) is 19.2 Å². The second-order valence-electron chi connectivity index (χ2n) is 6.06. The molecule has 0 aliphatic carbocycles. The number of carboxylic acids is 1. The zero-order valence-corrected chi connectivity index (χ0v) is 17.8. The molecule has 1 fully saturated rings. The molecule has 1 aromatic heterocycles. The summed E-state index contributed by atoms with van der Waals surface area (Å²) in [5.41, 5.74) is -0.184. The van der Waals surface area contributed by atoms with E-state index < -0.39 is 22.8 Å². The van der Waals surface area contributed by atoms with E-state index in [-0.39, 0.29) is 56.8 Å². The molecule has 1 aliphatic rings. The molecule has 0 atom stereocenters. The Morgan fingerprint density at radius 3 is 2.44 bits per heavy atom. The number of nitrogens with zero attached hydrogens (tertiary/aromatic N) is 3. The number of anilines is 1. The summed E-state index contributed by atoms with van der Waals surface area (Å²) in [5.74, 6) is -2.06. The topological polar surface area (TPSA) is 68.6 Å². The van der Waals surface area contributed by atoms with Crippen LogP contribution in [0.25, 0.3) is 10.9 Å². The summed E-state index contributed by atoms with van der Waals surface area (Å²) in [6.45, 7) is 5.37. The number of aromatic nitrogens is 1. The number of carboxylic acid groups (broad SMARTS) is 1. The summed E-state index contributed by atoms with van der Waals surface area (Å²) in [7, 11) is 2.02. The molecule has 6 nitrogen and oxygen atoms in total. The summed E-state index contributed by atoms with van der Waals surface area (Å²) in [6.07, 6.45) is 1.27. The van der Waals surface area contributed by atoms with Gasteiger partial charge in [-0.3, -0.25) is 4.79 Å². The van der Waals surface area contributed by atoms with Crippen LogP contribution in [0.3, 0.4) is 0 Å². The minimum absolute atomic E-state index is 0. The number of hydrogen-bond donors (Lipinski definition) is 0. The molecule has 2 aromatic rings. The number of halogens is 1. The molecule has 1 aliphatic heterocycles. The summed E-state index contributed by atoms with van der Waals surface area (Å²) in [5, 5.41) is 11.2. The van der Waals surface area contributed by atoms with Crippen molar-refractivity contribution in [1.82, 2.24) is 9.47 Å². The van der Waals surface area contributed by atoms with Crippen LogP contribution in [0.1, 0.15) is 17.3 Å². The molecule has 25 heavy (non-hydrogen) atoms. The number of carbonyl (C=O) groups is 1. The fourth-order valence-corrected chi connectivity index (χ4v) is 3.10. The SMILES string of the molecule is CCn1cc(C(=O)[O-])c(=O)c2cc(F)c(N3CCN(C)CC3)cc21.[K+]. The van der Waals surface area contributed by atoms with Crippen molar-refractivity contribution in [3.63, 3.8) is 0 Å². The molecule has 0 N–H and O–H groups in total. The van der Waals surface area contributed by atoms with Crippen molar-refractivity contribution in [2.45, 2.75) is 13.5 Å². The molecule has 0 saturated carbocycles. The van der Waals surface area contributed by atoms with Crippen molar-refractivity contribution in [3.05, 3.63) is 39.9 Å². The minimum Gasteiger partial charge on any atom is -0.545 e. The van der Waals surface area contributed by atoms with Gasteiger partial charge in [-0.05, 0) is 26.1 Å². The molecule has 8 heteroatoms. The molecule has 2 heterocycles. The number of rotatable bonds is 3. The number of benzene rings is 1. The summed E-state index contributed by atoms with van der Waals surface area (Å²) < 4.78 is 16.2. The van der Waals surface area contributed by atoms with Gasteiger partial charge in [-0.1, -0.05) is 0 Å². The van der Waals surface area contributed by atoms with Gasteiger partial charge in [0.1, 0.15) is 5.82 Å². The third-order valence-electron chi connectivity index (χ3n) is 4.55. The molecular weight excluding hydrogens is 352 g/mol. The average Bonchev–Trinajstić information content (AvgIpc) is 2.56. The van der Waals surface area contributed by atoms with Gasteiger partial charge >= 0.3 is 51.4 Å². The average molecular weight is 371 g/mol. The first-order chi connectivity index (χ1) is 11.4. The smallest absolute Gasteiger partial charge is 0.545 e. The normalized spacial score (nSPS) is 15.2. The predicted molar refractivity (Wildman–Crippen MR) is 87.9 cm³/mol. The van der Waals surface area contributed by atoms with Crippen LogP contribution in [0.15, 0.2) is 23.1 Å². The number of likely N-dealkylation sites (N-methyl/N-ethyl adjacent to an activating group) is 1. The maximum absolute atomic E-state index is 14.6.